The Morgan fingerprint density at radius 1 is 1.11 bits per heavy atom. The summed E-state index contributed by atoms with van der Waals surface area (Å²) in [4.78, 5) is 26.6. The van der Waals surface area contributed by atoms with Crippen LogP contribution in [-0.4, -0.2) is 61.8 Å². The van der Waals surface area contributed by atoms with Crippen LogP contribution in [0, 0.1) is 0 Å². The van der Waals surface area contributed by atoms with Crippen molar-refractivity contribution in [1.29, 1.82) is 0 Å². The van der Waals surface area contributed by atoms with Gasteiger partial charge in [0.05, 0.1) is 0 Å². The van der Waals surface area contributed by atoms with E-state index < -0.39 is 0 Å². The number of rotatable bonds is 3. The van der Waals surface area contributed by atoms with Gasteiger partial charge < -0.3 is 9.80 Å². The maximum Gasteiger partial charge on any atom is 0.276 e. The van der Waals surface area contributed by atoms with Crippen molar-refractivity contribution in [3.05, 3.63) is 30.0 Å². The molecule has 0 N–H and O–H groups in total. The Balaban J connectivity index is 1.60. The molecule has 2 saturated heterocycles. The van der Waals surface area contributed by atoms with Crippen LogP contribution in [0.15, 0.2) is 18.6 Å². The number of aromatic nitrogens is 3. The Labute approximate surface area is 161 Å². The monoisotopic (exact) mass is 369 g/mol. The van der Waals surface area contributed by atoms with E-state index in [2.05, 4.69) is 46.1 Å². The summed E-state index contributed by atoms with van der Waals surface area (Å²) in [5.74, 6) is 0.528. The van der Waals surface area contributed by atoms with Crippen LogP contribution >= 0.6 is 0 Å². The van der Waals surface area contributed by atoms with Gasteiger partial charge in [-0.15, -0.1) is 0 Å². The van der Waals surface area contributed by atoms with Gasteiger partial charge in [-0.3, -0.25) is 9.20 Å². The molecule has 0 saturated carbocycles. The third-order valence-corrected chi connectivity index (χ3v) is 6.41. The zero-order chi connectivity index (χ0) is 19.0. The molecule has 0 radical (unpaired) electrons. The Morgan fingerprint density at radius 2 is 1.89 bits per heavy atom. The number of hydrogen-bond donors (Lipinski definition) is 0. The first-order valence-corrected chi connectivity index (χ1v) is 10.4. The van der Waals surface area contributed by atoms with E-state index in [1.807, 2.05) is 11.1 Å². The van der Waals surface area contributed by atoms with Crippen LogP contribution in [0.4, 0.5) is 0 Å². The van der Waals surface area contributed by atoms with E-state index in [1.165, 1.54) is 12.1 Å². The van der Waals surface area contributed by atoms with Gasteiger partial charge in [-0.05, 0) is 72.0 Å². The van der Waals surface area contributed by atoms with Gasteiger partial charge in [0.25, 0.3) is 5.91 Å². The summed E-state index contributed by atoms with van der Waals surface area (Å²) in [7, 11) is 0. The molecule has 0 bridgehead atoms. The fraction of sp³-hybridized carbons (Fsp3) is 0.667. The first kappa shape index (κ1) is 18.4. The van der Waals surface area contributed by atoms with Crippen molar-refractivity contribution in [1.82, 2.24) is 24.2 Å². The quantitative estimate of drug-likeness (QED) is 0.833. The zero-order valence-electron chi connectivity index (χ0n) is 16.8. The molecule has 2 fully saturated rings. The fourth-order valence-electron chi connectivity index (χ4n) is 4.65. The molecule has 2 aliphatic heterocycles. The predicted octanol–water partition coefficient (Wildman–Crippen LogP) is 3.33. The molecule has 146 valence electrons. The molecule has 0 spiro atoms. The molecule has 6 nitrogen and oxygen atoms in total. The third-order valence-electron chi connectivity index (χ3n) is 6.41. The molecule has 4 heterocycles. The van der Waals surface area contributed by atoms with Crippen molar-refractivity contribution in [2.75, 3.05) is 19.6 Å². The van der Waals surface area contributed by atoms with Crippen LogP contribution in [0.3, 0.4) is 0 Å². The summed E-state index contributed by atoms with van der Waals surface area (Å²) in [6.45, 7) is 9.74. The average molecular weight is 370 g/mol. The fourth-order valence-corrected chi connectivity index (χ4v) is 4.65. The van der Waals surface area contributed by atoms with Crippen LogP contribution in [0.25, 0.3) is 5.65 Å². The van der Waals surface area contributed by atoms with Crippen LogP contribution in [0.2, 0.25) is 0 Å². The molecule has 1 amide bonds. The van der Waals surface area contributed by atoms with Crippen molar-refractivity contribution in [2.24, 2.45) is 0 Å². The van der Waals surface area contributed by atoms with E-state index in [0.717, 1.165) is 45.3 Å². The SMILES string of the molecule is CC(C)N1CCC(c2ccnc3c(C(=O)N4CCCCC4C)ncn23)CC1. The third kappa shape index (κ3) is 3.47. The number of nitrogens with zero attached hydrogens (tertiary/aromatic N) is 5. The number of imidazole rings is 1. The Bertz CT molecular complexity index is 806. The van der Waals surface area contributed by atoms with Crippen LogP contribution in [0.5, 0.6) is 0 Å². The number of carbonyl (C=O) groups excluding carboxylic acids is 1. The number of hydrogen-bond acceptors (Lipinski definition) is 4. The van der Waals surface area contributed by atoms with Gasteiger partial charge in [-0.2, -0.15) is 0 Å². The first-order chi connectivity index (χ1) is 13.1. The molecule has 2 aromatic heterocycles. The molecule has 0 aliphatic carbocycles. The Morgan fingerprint density at radius 3 is 2.59 bits per heavy atom. The van der Waals surface area contributed by atoms with Crippen LogP contribution in [0.1, 0.15) is 75.0 Å². The van der Waals surface area contributed by atoms with Gasteiger partial charge in [0, 0.05) is 36.4 Å². The number of amides is 1. The summed E-state index contributed by atoms with van der Waals surface area (Å²) < 4.78 is 2.05. The topological polar surface area (TPSA) is 53.7 Å². The number of piperidine rings is 2. The van der Waals surface area contributed by atoms with E-state index in [-0.39, 0.29) is 11.9 Å². The van der Waals surface area contributed by atoms with Crippen molar-refractivity contribution in [3.63, 3.8) is 0 Å². The number of carbonyl (C=O) groups is 1. The molecule has 2 aromatic rings. The molecule has 0 aromatic carbocycles. The van der Waals surface area contributed by atoms with E-state index in [0.29, 0.717) is 23.3 Å². The van der Waals surface area contributed by atoms with Gasteiger partial charge in [-0.25, -0.2) is 9.97 Å². The molecule has 2 aliphatic rings. The Kier molecular flexibility index (Phi) is 5.17. The van der Waals surface area contributed by atoms with E-state index in [9.17, 15) is 4.79 Å². The zero-order valence-corrected chi connectivity index (χ0v) is 16.8. The molecule has 6 heteroatoms. The summed E-state index contributed by atoms with van der Waals surface area (Å²) >= 11 is 0. The highest BCUT2D eigenvalue weighted by atomic mass is 16.2. The lowest BCUT2D eigenvalue weighted by atomic mass is 9.92. The molecule has 27 heavy (non-hydrogen) atoms. The first-order valence-electron chi connectivity index (χ1n) is 10.4. The molecular formula is C21H31N5O. The molecule has 4 rings (SSSR count). The summed E-state index contributed by atoms with van der Waals surface area (Å²) in [5, 5.41) is 0. The second kappa shape index (κ2) is 7.58. The van der Waals surface area contributed by atoms with Crippen LogP contribution < -0.4 is 0 Å². The lowest BCUT2D eigenvalue weighted by molar-refractivity contribution is 0.0632. The average Bonchev–Trinajstić information content (AvgIpc) is 3.12. The molecular weight excluding hydrogens is 338 g/mol. The van der Waals surface area contributed by atoms with Crippen molar-refractivity contribution in [2.45, 2.75) is 70.9 Å². The van der Waals surface area contributed by atoms with Gasteiger partial charge in [0.1, 0.15) is 6.33 Å². The lowest BCUT2D eigenvalue weighted by Crippen LogP contribution is -2.42. The normalized spacial score (nSPS) is 22.7. The number of likely N-dealkylation sites (tertiary alicyclic amines) is 2. The maximum atomic E-state index is 13.1. The Hall–Kier alpha value is -1.95. The van der Waals surface area contributed by atoms with Crippen LogP contribution in [-0.2, 0) is 0 Å². The smallest absolute Gasteiger partial charge is 0.276 e. The van der Waals surface area contributed by atoms with E-state index >= 15 is 0 Å². The maximum absolute atomic E-state index is 13.1. The highest BCUT2D eigenvalue weighted by Crippen LogP contribution is 2.29. The molecule has 1 unspecified atom stereocenters. The standard InChI is InChI=1S/C21H31N5O/c1-15(2)24-12-8-17(9-13-24)18-7-10-22-20-19(23-14-26(18)20)21(27)25-11-5-4-6-16(25)3/h7,10,14-17H,4-6,8-9,11-13H2,1-3H3. The minimum atomic E-state index is 0.0315. The van der Waals surface area contributed by atoms with Gasteiger partial charge in [0.15, 0.2) is 11.3 Å². The summed E-state index contributed by atoms with van der Waals surface area (Å²) in [6.07, 6.45) is 9.28. The number of fused-ring (bicyclic) bond motifs is 1. The minimum absolute atomic E-state index is 0.0315. The van der Waals surface area contributed by atoms with E-state index in [1.54, 1.807) is 6.33 Å². The summed E-state index contributed by atoms with van der Waals surface area (Å²) in [5.41, 5.74) is 2.45. The lowest BCUT2D eigenvalue weighted by Gasteiger charge is -2.34. The van der Waals surface area contributed by atoms with E-state index in [4.69, 9.17) is 0 Å². The van der Waals surface area contributed by atoms with Gasteiger partial charge in [0.2, 0.25) is 0 Å². The second-order valence-electron chi connectivity index (χ2n) is 8.40. The van der Waals surface area contributed by atoms with Crippen molar-refractivity contribution < 1.29 is 4.79 Å². The van der Waals surface area contributed by atoms with Crippen molar-refractivity contribution >= 4 is 11.6 Å². The van der Waals surface area contributed by atoms with Gasteiger partial charge >= 0.3 is 0 Å². The summed E-state index contributed by atoms with van der Waals surface area (Å²) in [6, 6.07) is 2.99. The highest BCUT2D eigenvalue weighted by molar-refractivity contribution is 5.98. The molecule has 1 atom stereocenters. The van der Waals surface area contributed by atoms with Gasteiger partial charge in [-0.1, -0.05) is 0 Å². The predicted molar refractivity (Wildman–Crippen MR) is 106 cm³/mol. The largest absolute Gasteiger partial charge is 0.334 e. The highest BCUT2D eigenvalue weighted by Gasteiger charge is 2.29. The van der Waals surface area contributed by atoms with Crippen molar-refractivity contribution in [3.8, 4) is 0 Å². The minimum Gasteiger partial charge on any atom is -0.334 e. The second-order valence-corrected chi connectivity index (χ2v) is 8.40.